The highest BCUT2D eigenvalue weighted by Gasteiger charge is 2.32. The summed E-state index contributed by atoms with van der Waals surface area (Å²) in [5.74, 6) is 3.32. The molecule has 0 radical (unpaired) electrons. The molecule has 1 aromatic carbocycles. The van der Waals surface area contributed by atoms with Crippen molar-refractivity contribution in [3.05, 3.63) is 23.2 Å². The topological polar surface area (TPSA) is 71.1 Å². The Balaban J connectivity index is 1.36. The Bertz CT molecular complexity index is 843. The van der Waals surface area contributed by atoms with Gasteiger partial charge in [0.1, 0.15) is 5.75 Å². The van der Waals surface area contributed by atoms with Crippen LogP contribution in [0.2, 0.25) is 5.02 Å². The van der Waals surface area contributed by atoms with Gasteiger partial charge in [0.2, 0.25) is 11.1 Å². The molecule has 1 aliphatic carbocycles. The number of nitrogens with zero attached hydrogens (tertiary/aromatic N) is 3. The molecule has 150 valence electrons. The lowest BCUT2D eigenvalue weighted by Crippen LogP contribution is -2.45. The molecule has 0 spiro atoms. The predicted molar refractivity (Wildman–Crippen MR) is 111 cm³/mol. The number of hydrogen-bond donors (Lipinski definition) is 1. The molecule has 28 heavy (non-hydrogen) atoms. The molecule has 0 bridgehead atoms. The number of amides is 1. The van der Waals surface area contributed by atoms with Crippen molar-refractivity contribution in [2.24, 2.45) is 11.8 Å². The molecule has 2 atom stereocenters. The Hall–Kier alpha value is -1.73. The highest BCUT2D eigenvalue weighted by atomic mass is 35.5. The van der Waals surface area contributed by atoms with Crippen LogP contribution in [-0.4, -0.2) is 51.9 Å². The van der Waals surface area contributed by atoms with Crippen LogP contribution < -0.4 is 4.74 Å². The summed E-state index contributed by atoms with van der Waals surface area (Å²) < 4.78 is 5.37. The van der Waals surface area contributed by atoms with Gasteiger partial charge in [0, 0.05) is 18.1 Å². The fraction of sp³-hybridized carbons (Fsp3) is 0.550. The number of H-pyrrole nitrogens is 1. The lowest BCUT2D eigenvalue weighted by Gasteiger charge is -2.41. The van der Waals surface area contributed by atoms with Gasteiger partial charge in [-0.3, -0.25) is 9.89 Å². The summed E-state index contributed by atoms with van der Waals surface area (Å²) in [5.41, 5.74) is 0.750. The first-order valence-electron chi connectivity index (χ1n) is 9.81. The molecule has 0 unspecified atom stereocenters. The summed E-state index contributed by atoms with van der Waals surface area (Å²) in [6.45, 7) is 1.81. The number of ether oxygens (including phenoxy) is 1. The minimum Gasteiger partial charge on any atom is -0.496 e. The molecule has 2 heterocycles. The normalized spacial score (nSPS) is 22.0. The smallest absolute Gasteiger partial charge is 0.233 e. The van der Waals surface area contributed by atoms with Gasteiger partial charge in [-0.2, -0.15) is 0 Å². The number of hydrogen-bond acceptors (Lipinski definition) is 5. The molecule has 1 saturated heterocycles. The minimum atomic E-state index is 0.181. The van der Waals surface area contributed by atoms with Crippen molar-refractivity contribution >= 4 is 29.3 Å². The fourth-order valence-electron chi connectivity index (χ4n) is 4.34. The zero-order valence-electron chi connectivity index (χ0n) is 16.0. The number of carbonyl (C=O) groups is 1. The maximum atomic E-state index is 12.7. The predicted octanol–water partition coefficient (Wildman–Crippen LogP) is 4.26. The van der Waals surface area contributed by atoms with E-state index in [1.807, 2.05) is 4.90 Å². The maximum absolute atomic E-state index is 12.7. The number of likely N-dealkylation sites (tertiary alicyclic amines) is 1. The highest BCUT2D eigenvalue weighted by molar-refractivity contribution is 7.99. The maximum Gasteiger partial charge on any atom is 0.233 e. The lowest BCUT2D eigenvalue weighted by molar-refractivity contribution is -0.131. The fourth-order valence-corrected chi connectivity index (χ4v) is 5.21. The number of thioether (sulfide) groups is 1. The van der Waals surface area contributed by atoms with E-state index in [0.29, 0.717) is 33.4 Å². The number of carbonyl (C=O) groups excluding carboxylic acids is 1. The van der Waals surface area contributed by atoms with Crippen LogP contribution in [0.3, 0.4) is 0 Å². The minimum absolute atomic E-state index is 0.181. The first-order valence-corrected chi connectivity index (χ1v) is 11.2. The van der Waals surface area contributed by atoms with Gasteiger partial charge in [0.25, 0.3) is 0 Å². The number of benzene rings is 1. The number of halogens is 1. The number of nitrogens with one attached hydrogen (secondary N) is 1. The zero-order valence-corrected chi connectivity index (χ0v) is 17.6. The van der Waals surface area contributed by atoms with Gasteiger partial charge in [-0.1, -0.05) is 42.6 Å². The second-order valence-corrected chi connectivity index (χ2v) is 8.91. The van der Waals surface area contributed by atoms with E-state index in [4.69, 9.17) is 16.3 Å². The number of rotatable bonds is 5. The third kappa shape index (κ3) is 4.30. The molecule has 8 heteroatoms. The summed E-state index contributed by atoms with van der Waals surface area (Å²) in [6, 6.07) is 5.35. The van der Waals surface area contributed by atoms with Gasteiger partial charge >= 0.3 is 0 Å². The summed E-state index contributed by atoms with van der Waals surface area (Å²) in [4.78, 5) is 19.2. The first-order chi connectivity index (χ1) is 13.6. The molecule has 1 amide bonds. The van der Waals surface area contributed by atoms with Crippen molar-refractivity contribution in [3.8, 4) is 17.1 Å². The lowest BCUT2D eigenvalue weighted by atomic mass is 9.75. The van der Waals surface area contributed by atoms with Crippen LogP contribution >= 0.6 is 23.4 Å². The van der Waals surface area contributed by atoms with Crippen molar-refractivity contribution in [2.45, 2.75) is 37.3 Å². The highest BCUT2D eigenvalue weighted by Crippen LogP contribution is 2.36. The summed E-state index contributed by atoms with van der Waals surface area (Å²) in [6.07, 6.45) is 6.43. The summed E-state index contributed by atoms with van der Waals surface area (Å²) >= 11 is 7.46. The van der Waals surface area contributed by atoms with Crippen LogP contribution in [0.25, 0.3) is 11.4 Å². The first kappa shape index (κ1) is 19.6. The molecular weight excluding hydrogens is 396 g/mol. The van der Waals surface area contributed by atoms with Crippen LogP contribution in [0, 0.1) is 11.8 Å². The molecule has 2 fully saturated rings. The quantitative estimate of drug-likeness (QED) is 0.731. The zero-order chi connectivity index (χ0) is 19.5. The Morgan fingerprint density at radius 1 is 1.32 bits per heavy atom. The summed E-state index contributed by atoms with van der Waals surface area (Å²) in [5, 5.41) is 8.31. The molecular formula is C20H25ClN4O2S. The van der Waals surface area contributed by atoms with Crippen LogP contribution in [0.1, 0.15) is 32.1 Å². The van der Waals surface area contributed by atoms with E-state index in [1.54, 1.807) is 25.3 Å². The second-order valence-electron chi connectivity index (χ2n) is 7.53. The largest absolute Gasteiger partial charge is 0.496 e. The monoisotopic (exact) mass is 420 g/mol. The molecule has 1 N–H and O–H groups in total. The third-order valence-corrected chi connectivity index (χ3v) is 6.92. The average molecular weight is 421 g/mol. The molecule has 2 aromatic rings. The van der Waals surface area contributed by atoms with Crippen molar-refractivity contribution in [1.29, 1.82) is 0 Å². The number of aromatic amines is 1. The van der Waals surface area contributed by atoms with Crippen LogP contribution in [0.5, 0.6) is 5.75 Å². The van der Waals surface area contributed by atoms with E-state index in [9.17, 15) is 4.79 Å². The molecule has 6 nitrogen and oxygen atoms in total. The van der Waals surface area contributed by atoms with Crippen molar-refractivity contribution in [3.63, 3.8) is 0 Å². The number of fused-ring (bicyclic) bond motifs is 1. The van der Waals surface area contributed by atoms with Gasteiger partial charge in [-0.25, -0.2) is 4.98 Å². The third-order valence-electron chi connectivity index (χ3n) is 5.85. The van der Waals surface area contributed by atoms with Crippen molar-refractivity contribution < 1.29 is 9.53 Å². The van der Waals surface area contributed by atoms with Crippen LogP contribution in [-0.2, 0) is 4.79 Å². The molecule has 2 aliphatic rings. The van der Waals surface area contributed by atoms with Crippen molar-refractivity contribution in [1.82, 2.24) is 20.1 Å². The Labute approximate surface area is 174 Å². The average Bonchev–Trinajstić information content (AvgIpc) is 3.20. The van der Waals surface area contributed by atoms with Gasteiger partial charge < -0.3 is 9.64 Å². The SMILES string of the molecule is COc1ccc(Cl)cc1-c1nc(SCC(=O)N2CC[C@H]3CCCC[C@@H]3C2)n[nH]1. The Kier molecular flexibility index (Phi) is 6.11. The molecule has 1 aromatic heterocycles. The Morgan fingerprint density at radius 3 is 2.96 bits per heavy atom. The van der Waals surface area contributed by atoms with Gasteiger partial charge in [0.15, 0.2) is 5.82 Å². The number of aromatic nitrogens is 3. The van der Waals surface area contributed by atoms with Crippen LogP contribution in [0.15, 0.2) is 23.4 Å². The van der Waals surface area contributed by atoms with Crippen molar-refractivity contribution in [2.75, 3.05) is 26.0 Å². The van der Waals surface area contributed by atoms with E-state index in [-0.39, 0.29) is 5.91 Å². The van der Waals surface area contributed by atoms with Crippen LogP contribution in [0.4, 0.5) is 0 Å². The number of methoxy groups -OCH3 is 1. The molecule has 1 aliphatic heterocycles. The Morgan fingerprint density at radius 2 is 2.14 bits per heavy atom. The van der Waals surface area contributed by atoms with E-state index in [0.717, 1.165) is 31.0 Å². The second kappa shape index (κ2) is 8.74. The summed E-state index contributed by atoms with van der Waals surface area (Å²) in [7, 11) is 1.60. The molecule has 1 saturated carbocycles. The van der Waals surface area contributed by atoms with E-state index < -0.39 is 0 Å². The van der Waals surface area contributed by atoms with Gasteiger partial charge in [-0.05, 0) is 42.9 Å². The van der Waals surface area contributed by atoms with E-state index >= 15 is 0 Å². The van der Waals surface area contributed by atoms with E-state index in [2.05, 4.69) is 15.2 Å². The number of piperidine rings is 1. The van der Waals surface area contributed by atoms with E-state index in [1.165, 1.54) is 37.4 Å². The van der Waals surface area contributed by atoms with Gasteiger partial charge in [0.05, 0.1) is 18.4 Å². The van der Waals surface area contributed by atoms with Gasteiger partial charge in [-0.15, -0.1) is 5.10 Å². The standard InChI is InChI=1S/C20H25ClN4O2S/c1-27-17-7-6-15(21)10-16(17)19-22-20(24-23-19)28-12-18(26)25-9-8-13-4-2-3-5-14(13)11-25/h6-7,10,13-14H,2-5,8-9,11-12H2,1H3,(H,22,23,24)/t13-,14-/m1/s1. The molecule has 4 rings (SSSR count).